The molecular formula is C14H15N3. The van der Waals surface area contributed by atoms with Crippen molar-refractivity contribution in [3.05, 3.63) is 54.0 Å². The fraction of sp³-hybridized carbons (Fsp3) is 0.286. The molecule has 0 saturated heterocycles. The minimum absolute atomic E-state index is 0.362. The zero-order valence-electron chi connectivity index (χ0n) is 9.80. The molecule has 1 aromatic carbocycles. The molecule has 3 heteroatoms. The van der Waals surface area contributed by atoms with Crippen LogP contribution in [0.5, 0.6) is 0 Å². The summed E-state index contributed by atoms with van der Waals surface area (Å²) in [4.78, 5) is 8.16. The van der Waals surface area contributed by atoms with Crippen molar-refractivity contribution >= 4 is 5.82 Å². The standard InChI is InChI=1S/C14H15N3/c1-10-8-11-4-2-3-5-12(11)14(10)17-13-6-7-15-9-16-13/h2-7,9-10,14H,8H2,1H3,(H,15,16,17)/t10-,14-/m0/s1. The number of fused-ring (bicyclic) bond motifs is 1. The van der Waals surface area contributed by atoms with Crippen molar-refractivity contribution < 1.29 is 0 Å². The molecule has 0 amide bonds. The monoisotopic (exact) mass is 225 g/mol. The highest BCUT2D eigenvalue weighted by Crippen LogP contribution is 2.37. The Hall–Kier alpha value is -1.90. The van der Waals surface area contributed by atoms with Gasteiger partial charge in [-0.15, -0.1) is 0 Å². The molecule has 1 aromatic heterocycles. The molecule has 0 aliphatic heterocycles. The van der Waals surface area contributed by atoms with Gasteiger partial charge in [0.05, 0.1) is 6.04 Å². The van der Waals surface area contributed by atoms with Crippen LogP contribution in [-0.2, 0) is 6.42 Å². The van der Waals surface area contributed by atoms with Crippen LogP contribution < -0.4 is 5.32 Å². The van der Waals surface area contributed by atoms with Gasteiger partial charge in [-0.1, -0.05) is 31.2 Å². The predicted molar refractivity (Wildman–Crippen MR) is 67.7 cm³/mol. The lowest BCUT2D eigenvalue weighted by Gasteiger charge is -2.19. The number of anilines is 1. The van der Waals surface area contributed by atoms with Crippen molar-refractivity contribution in [2.24, 2.45) is 5.92 Å². The third-order valence-electron chi connectivity index (χ3n) is 3.39. The highest BCUT2D eigenvalue weighted by molar-refractivity contribution is 5.43. The lowest BCUT2D eigenvalue weighted by Crippen LogP contribution is -2.15. The van der Waals surface area contributed by atoms with Gasteiger partial charge in [0.2, 0.25) is 0 Å². The van der Waals surface area contributed by atoms with Gasteiger partial charge < -0.3 is 5.32 Å². The van der Waals surface area contributed by atoms with Crippen molar-refractivity contribution in [3.8, 4) is 0 Å². The Morgan fingerprint density at radius 1 is 1.24 bits per heavy atom. The largest absolute Gasteiger partial charge is 0.363 e. The number of nitrogens with one attached hydrogen (secondary N) is 1. The van der Waals surface area contributed by atoms with Gasteiger partial charge in [-0.3, -0.25) is 0 Å². The Morgan fingerprint density at radius 3 is 2.94 bits per heavy atom. The van der Waals surface area contributed by atoms with E-state index < -0.39 is 0 Å². The van der Waals surface area contributed by atoms with Gasteiger partial charge in [0, 0.05) is 6.20 Å². The molecule has 1 aliphatic carbocycles. The van der Waals surface area contributed by atoms with Crippen molar-refractivity contribution in [1.82, 2.24) is 9.97 Å². The van der Waals surface area contributed by atoms with Crippen LogP contribution in [0.3, 0.4) is 0 Å². The van der Waals surface area contributed by atoms with E-state index >= 15 is 0 Å². The van der Waals surface area contributed by atoms with E-state index in [2.05, 4.69) is 46.5 Å². The third-order valence-corrected chi connectivity index (χ3v) is 3.39. The topological polar surface area (TPSA) is 37.8 Å². The summed E-state index contributed by atoms with van der Waals surface area (Å²) in [5.74, 6) is 1.50. The van der Waals surface area contributed by atoms with Gasteiger partial charge in [0.25, 0.3) is 0 Å². The summed E-state index contributed by atoms with van der Waals surface area (Å²) in [5, 5.41) is 3.50. The Balaban J connectivity index is 1.89. The van der Waals surface area contributed by atoms with Crippen LogP contribution >= 0.6 is 0 Å². The van der Waals surface area contributed by atoms with Crippen LogP contribution in [0.2, 0.25) is 0 Å². The van der Waals surface area contributed by atoms with Gasteiger partial charge in [0.1, 0.15) is 12.1 Å². The number of aromatic nitrogens is 2. The van der Waals surface area contributed by atoms with E-state index in [-0.39, 0.29) is 0 Å². The first-order valence-electron chi connectivity index (χ1n) is 5.95. The van der Waals surface area contributed by atoms with Crippen molar-refractivity contribution in [3.63, 3.8) is 0 Å². The highest BCUT2D eigenvalue weighted by atomic mass is 15.0. The van der Waals surface area contributed by atoms with E-state index in [0.29, 0.717) is 12.0 Å². The summed E-state index contributed by atoms with van der Waals surface area (Å²) in [6.07, 6.45) is 4.48. The van der Waals surface area contributed by atoms with E-state index in [1.165, 1.54) is 11.1 Å². The normalized spacial score (nSPS) is 22.2. The molecule has 1 N–H and O–H groups in total. The number of nitrogens with zero attached hydrogens (tertiary/aromatic N) is 2. The molecule has 86 valence electrons. The van der Waals surface area contributed by atoms with Crippen LogP contribution in [0, 0.1) is 5.92 Å². The maximum absolute atomic E-state index is 4.23. The first kappa shape index (κ1) is 10.3. The van der Waals surface area contributed by atoms with Gasteiger partial charge in [0.15, 0.2) is 0 Å². The molecule has 0 spiro atoms. The summed E-state index contributed by atoms with van der Waals surface area (Å²) in [6.45, 7) is 2.28. The number of benzene rings is 1. The molecule has 17 heavy (non-hydrogen) atoms. The lowest BCUT2D eigenvalue weighted by atomic mass is 10.0. The maximum atomic E-state index is 4.23. The molecule has 2 atom stereocenters. The van der Waals surface area contributed by atoms with Crippen LogP contribution in [-0.4, -0.2) is 9.97 Å². The first-order chi connectivity index (χ1) is 8.34. The van der Waals surface area contributed by atoms with Gasteiger partial charge in [-0.05, 0) is 29.5 Å². The molecular weight excluding hydrogens is 210 g/mol. The van der Waals surface area contributed by atoms with Crippen molar-refractivity contribution in [2.75, 3.05) is 5.32 Å². The van der Waals surface area contributed by atoms with Crippen LogP contribution in [0.25, 0.3) is 0 Å². The second kappa shape index (κ2) is 4.17. The summed E-state index contributed by atoms with van der Waals surface area (Å²) in [7, 11) is 0. The van der Waals surface area contributed by atoms with Gasteiger partial charge >= 0.3 is 0 Å². The van der Waals surface area contributed by atoms with E-state index in [4.69, 9.17) is 0 Å². The Bertz CT molecular complexity index is 510. The molecule has 0 radical (unpaired) electrons. The van der Waals surface area contributed by atoms with E-state index in [1.54, 1.807) is 12.5 Å². The van der Waals surface area contributed by atoms with E-state index in [1.807, 2.05) is 6.07 Å². The van der Waals surface area contributed by atoms with Crippen LogP contribution in [0.4, 0.5) is 5.82 Å². The molecule has 0 saturated carbocycles. The zero-order valence-corrected chi connectivity index (χ0v) is 9.80. The second-order valence-electron chi connectivity index (χ2n) is 4.60. The fourth-order valence-corrected chi connectivity index (χ4v) is 2.55. The first-order valence-corrected chi connectivity index (χ1v) is 5.95. The number of hydrogen-bond acceptors (Lipinski definition) is 3. The minimum Gasteiger partial charge on any atom is -0.363 e. The molecule has 1 heterocycles. The van der Waals surface area contributed by atoms with Crippen molar-refractivity contribution in [1.29, 1.82) is 0 Å². The smallest absolute Gasteiger partial charge is 0.129 e. The lowest BCUT2D eigenvalue weighted by molar-refractivity contribution is 0.540. The summed E-state index contributed by atoms with van der Waals surface area (Å²) in [5.41, 5.74) is 2.85. The zero-order chi connectivity index (χ0) is 11.7. The van der Waals surface area contributed by atoms with E-state index in [9.17, 15) is 0 Å². The van der Waals surface area contributed by atoms with Crippen LogP contribution in [0.1, 0.15) is 24.1 Å². The molecule has 3 nitrogen and oxygen atoms in total. The Morgan fingerprint density at radius 2 is 2.12 bits per heavy atom. The summed E-state index contributed by atoms with van der Waals surface area (Å²) < 4.78 is 0. The summed E-state index contributed by atoms with van der Waals surface area (Å²) in [6, 6.07) is 10.9. The highest BCUT2D eigenvalue weighted by Gasteiger charge is 2.28. The predicted octanol–water partition coefficient (Wildman–Crippen LogP) is 2.82. The molecule has 0 bridgehead atoms. The minimum atomic E-state index is 0.362. The maximum Gasteiger partial charge on any atom is 0.129 e. The molecule has 3 rings (SSSR count). The number of hydrogen-bond donors (Lipinski definition) is 1. The molecule has 1 aliphatic rings. The quantitative estimate of drug-likeness (QED) is 0.854. The number of rotatable bonds is 2. The Labute approximate surface area is 101 Å². The average molecular weight is 225 g/mol. The van der Waals surface area contributed by atoms with E-state index in [0.717, 1.165) is 12.2 Å². The molecule has 0 fully saturated rings. The Kier molecular flexibility index (Phi) is 2.52. The third kappa shape index (κ3) is 1.88. The SMILES string of the molecule is C[C@H]1Cc2ccccc2[C@H]1Nc1ccncn1. The molecule has 2 aromatic rings. The van der Waals surface area contributed by atoms with Crippen LogP contribution in [0.15, 0.2) is 42.9 Å². The fourth-order valence-electron chi connectivity index (χ4n) is 2.55. The second-order valence-corrected chi connectivity index (χ2v) is 4.60. The average Bonchev–Trinajstić information content (AvgIpc) is 2.68. The summed E-state index contributed by atoms with van der Waals surface area (Å²) >= 11 is 0. The van der Waals surface area contributed by atoms with Crippen molar-refractivity contribution in [2.45, 2.75) is 19.4 Å². The van der Waals surface area contributed by atoms with Gasteiger partial charge in [-0.2, -0.15) is 0 Å². The molecule has 0 unspecified atom stereocenters. The van der Waals surface area contributed by atoms with Gasteiger partial charge in [-0.25, -0.2) is 9.97 Å².